The van der Waals surface area contributed by atoms with Gasteiger partial charge >= 0.3 is 0 Å². The number of piperidine rings is 1. The van der Waals surface area contributed by atoms with E-state index in [9.17, 15) is 4.79 Å². The molecular formula is C16H35Cl2N3O2. The molecule has 0 aromatic carbocycles. The fourth-order valence-electron chi connectivity index (χ4n) is 2.87. The number of nitrogens with one attached hydrogen (secondary N) is 2. The minimum atomic E-state index is 0. The molecule has 0 radical (unpaired) electrons. The second-order valence-electron chi connectivity index (χ2n) is 6.29. The molecule has 1 aliphatic heterocycles. The third-order valence-electron chi connectivity index (χ3n) is 4.35. The second-order valence-corrected chi connectivity index (χ2v) is 6.29. The Bertz CT molecular complexity index is 290. The lowest BCUT2D eigenvalue weighted by atomic mass is 9.85. The van der Waals surface area contributed by atoms with Crippen molar-refractivity contribution in [1.29, 1.82) is 0 Å². The molecule has 1 heterocycles. The van der Waals surface area contributed by atoms with Gasteiger partial charge in [0.25, 0.3) is 0 Å². The van der Waals surface area contributed by atoms with E-state index in [1.807, 2.05) is 0 Å². The summed E-state index contributed by atoms with van der Waals surface area (Å²) in [5.41, 5.74) is 0. The number of nitrogens with zero attached hydrogens (tertiary/aromatic N) is 1. The molecule has 23 heavy (non-hydrogen) atoms. The van der Waals surface area contributed by atoms with Gasteiger partial charge < -0.3 is 20.3 Å². The Morgan fingerprint density at radius 1 is 1.39 bits per heavy atom. The van der Waals surface area contributed by atoms with Crippen LogP contribution in [0.4, 0.5) is 0 Å². The van der Waals surface area contributed by atoms with Crippen LogP contribution in [0.3, 0.4) is 0 Å². The second kappa shape index (κ2) is 15.5. The lowest BCUT2D eigenvalue weighted by Gasteiger charge is -2.28. The number of likely N-dealkylation sites (N-methyl/N-ethyl adjacent to an activating group) is 1. The van der Waals surface area contributed by atoms with Crippen molar-refractivity contribution in [2.75, 3.05) is 53.5 Å². The molecule has 0 aromatic heterocycles. The van der Waals surface area contributed by atoms with Crippen molar-refractivity contribution in [3.63, 3.8) is 0 Å². The van der Waals surface area contributed by atoms with Crippen molar-refractivity contribution in [3.8, 4) is 0 Å². The summed E-state index contributed by atoms with van der Waals surface area (Å²) >= 11 is 0. The van der Waals surface area contributed by atoms with Crippen LogP contribution in [-0.2, 0) is 9.53 Å². The van der Waals surface area contributed by atoms with Gasteiger partial charge in [-0.25, -0.2) is 0 Å². The molecule has 1 rings (SSSR count). The molecule has 1 fully saturated rings. The molecule has 1 saturated heterocycles. The van der Waals surface area contributed by atoms with Crippen LogP contribution in [0.5, 0.6) is 0 Å². The molecule has 0 aliphatic carbocycles. The van der Waals surface area contributed by atoms with Crippen LogP contribution in [0, 0.1) is 11.8 Å². The fourth-order valence-corrected chi connectivity index (χ4v) is 2.87. The van der Waals surface area contributed by atoms with E-state index in [4.69, 9.17) is 4.74 Å². The molecule has 2 unspecified atom stereocenters. The number of ether oxygens (including phenoxy) is 1. The summed E-state index contributed by atoms with van der Waals surface area (Å²) in [4.78, 5) is 14.2. The summed E-state index contributed by atoms with van der Waals surface area (Å²) in [6.45, 7) is 7.83. The Morgan fingerprint density at radius 3 is 2.74 bits per heavy atom. The maximum atomic E-state index is 12.0. The van der Waals surface area contributed by atoms with Crippen LogP contribution in [0.25, 0.3) is 0 Å². The van der Waals surface area contributed by atoms with Crippen molar-refractivity contribution in [3.05, 3.63) is 0 Å². The molecule has 2 atom stereocenters. The number of carbonyl (C=O) groups is 1. The first kappa shape index (κ1) is 25.2. The van der Waals surface area contributed by atoms with Gasteiger partial charge in [-0.3, -0.25) is 4.79 Å². The van der Waals surface area contributed by atoms with Gasteiger partial charge in [-0.15, -0.1) is 24.8 Å². The third kappa shape index (κ3) is 12.0. The monoisotopic (exact) mass is 371 g/mol. The maximum absolute atomic E-state index is 12.0. The van der Waals surface area contributed by atoms with Gasteiger partial charge in [-0.2, -0.15) is 0 Å². The van der Waals surface area contributed by atoms with E-state index in [-0.39, 0.29) is 30.7 Å². The van der Waals surface area contributed by atoms with Crippen LogP contribution in [-0.4, -0.2) is 64.3 Å². The predicted octanol–water partition coefficient (Wildman–Crippen LogP) is 1.94. The summed E-state index contributed by atoms with van der Waals surface area (Å²) in [5, 5.41) is 6.46. The minimum Gasteiger partial charge on any atom is -0.385 e. The highest BCUT2D eigenvalue weighted by Crippen LogP contribution is 2.22. The van der Waals surface area contributed by atoms with E-state index in [1.54, 1.807) is 7.11 Å². The molecule has 2 N–H and O–H groups in total. The lowest BCUT2D eigenvalue weighted by Crippen LogP contribution is -2.37. The molecule has 1 aliphatic rings. The van der Waals surface area contributed by atoms with Gasteiger partial charge in [0.1, 0.15) is 0 Å². The number of amides is 1. The average Bonchev–Trinajstić information content (AvgIpc) is 2.48. The largest absolute Gasteiger partial charge is 0.385 e. The van der Waals surface area contributed by atoms with Crippen LogP contribution in [0.15, 0.2) is 0 Å². The fraction of sp³-hybridized carbons (Fsp3) is 0.938. The van der Waals surface area contributed by atoms with Gasteiger partial charge in [0, 0.05) is 39.8 Å². The summed E-state index contributed by atoms with van der Waals surface area (Å²) in [6, 6.07) is 0. The maximum Gasteiger partial charge on any atom is 0.220 e. The van der Waals surface area contributed by atoms with E-state index in [0.29, 0.717) is 18.3 Å². The summed E-state index contributed by atoms with van der Waals surface area (Å²) in [7, 11) is 3.81. The number of halogens is 2. The molecule has 0 spiro atoms. The smallest absolute Gasteiger partial charge is 0.220 e. The summed E-state index contributed by atoms with van der Waals surface area (Å²) < 4.78 is 5.03. The molecule has 1 amide bonds. The van der Waals surface area contributed by atoms with Crippen molar-refractivity contribution in [1.82, 2.24) is 15.5 Å². The highest BCUT2D eigenvalue weighted by molar-refractivity contribution is 5.85. The first-order valence-corrected chi connectivity index (χ1v) is 8.28. The van der Waals surface area contributed by atoms with E-state index in [0.717, 1.165) is 45.8 Å². The number of hydrogen-bond donors (Lipinski definition) is 2. The average molecular weight is 372 g/mol. The van der Waals surface area contributed by atoms with Gasteiger partial charge in [-0.1, -0.05) is 6.92 Å². The molecule has 5 nitrogen and oxygen atoms in total. The zero-order chi connectivity index (χ0) is 15.5. The predicted molar refractivity (Wildman–Crippen MR) is 101 cm³/mol. The van der Waals surface area contributed by atoms with Crippen LogP contribution in [0.1, 0.15) is 32.6 Å². The quantitative estimate of drug-likeness (QED) is 0.576. The Morgan fingerprint density at radius 2 is 2.13 bits per heavy atom. The summed E-state index contributed by atoms with van der Waals surface area (Å²) in [5.74, 6) is 1.32. The molecule has 0 bridgehead atoms. The zero-order valence-corrected chi connectivity index (χ0v) is 16.4. The highest BCUT2D eigenvalue weighted by atomic mass is 35.5. The van der Waals surface area contributed by atoms with Crippen molar-refractivity contribution in [2.45, 2.75) is 32.6 Å². The van der Waals surface area contributed by atoms with Gasteiger partial charge in [0.15, 0.2) is 0 Å². The molecule has 7 heteroatoms. The Kier molecular flexibility index (Phi) is 16.9. The molecule has 0 saturated carbocycles. The van der Waals surface area contributed by atoms with Crippen LogP contribution >= 0.6 is 24.8 Å². The topological polar surface area (TPSA) is 53.6 Å². The van der Waals surface area contributed by atoms with Gasteiger partial charge in [0.05, 0.1) is 0 Å². The number of rotatable bonds is 10. The normalized spacial score (nSPS) is 18.7. The van der Waals surface area contributed by atoms with E-state index in [1.165, 1.54) is 12.8 Å². The third-order valence-corrected chi connectivity index (χ3v) is 4.35. The highest BCUT2D eigenvalue weighted by Gasteiger charge is 2.21. The van der Waals surface area contributed by atoms with Crippen molar-refractivity contribution in [2.24, 2.45) is 11.8 Å². The summed E-state index contributed by atoms with van der Waals surface area (Å²) in [6.07, 6.45) is 4.18. The standard InChI is InChI=1S/C16H33N3O2.2ClH/c1-14(15-6-4-7-17-13-15)12-16(20)18-8-10-19(2)9-5-11-21-3;;/h14-15,17H,4-13H2,1-3H3,(H,18,20);2*1H. The SMILES string of the molecule is COCCCN(C)CCNC(=O)CC(C)C1CCCNC1.Cl.Cl. The van der Waals surface area contributed by atoms with Crippen LogP contribution in [0.2, 0.25) is 0 Å². The van der Waals surface area contributed by atoms with E-state index in [2.05, 4.69) is 29.5 Å². The van der Waals surface area contributed by atoms with E-state index < -0.39 is 0 Å². The van der Waals surface area contributed by atoms with Gasteiger partial charge in [0.2, 0.25) is 5.91 Å². The molecule has 140 valence electrons. The first-order chi connectivity index (χ1) is 10.1. The minimum absolute atomic E-state index is 0. The lowest BCUT2D eigenvalue weighted by molar-refractivity contribution is -0.122. The molecule has 0 aromatic rings. The van der Waals surface area contributed by atoms with Gasteiger partial charge in [-0.05, 0) is 51.2 Å². The zero-order valence-electron chi connectivity index (χ0n) is 14.8. The first-order valence-electron chi connectivity index (χ1n) is 8.28. The Labute approximate surface area is 154 Å². The Balaban J connectivity index is 0. The van der Waals surface area contributed by atoms with E-state index >= 15 is 0 Å². The number of hydrogen-bond acceptors (Lipinski definition) is 4. The number of carbonyl (C=O) groups excluding carboxylic acids is 1. The van der Waals surface area contributed by atoms with Crippen LogP contribution < -0.4 is 10.6 Å². The molecular weight excluding hydrogens is 337 g/mol. The van der Waals surface area contributed by atoms with Crippen molar-refractivity contribution < 1.29 is 9.53 Å². The van der Waals surface area contributed by atoms with Crippen molar-refractivity contribution >= 4 is 30.7 Å². The number of methoxy groups -OCH3 is 1. The Hall–Kier alpha value is -0.0700.